The number of hydrogen-bond acceptors (Lipinski definition) is 4. The van der Waals surface area contributed by atoms with E-state index in [1.807, 2.05) is 48.5 Å². The number of carboxylic acid groups (broad SMARTS) is 1. The second-order valence-electron chi connectivity index (χ2n) is 7.37. The molecule has 0 bridgehead atoms. The molecule has 0 aliphatic heterocycles. The third kappa shape index (κ3) is 3.58. The van der Waals surface area contributed by atoms with Gasteiger partial charge in [-0.15, -0.1) is 0 Å². The van der Waals surface area contributed by atoms with Crippen LogP contribution in [0.15, 0.2) is 72.8 Å². The number of nitrogens with two attached hydrogens (primary N) is 1. The molecule has 4 rings (SSSR count). The number of ether oxygens (including phenoxy) is 1. The Balaban J connectivity index is 1.61. The Morgan fingerprint density at radius 2 is 1.47 bits per heavy atom. The van der Waals surface area contributed by atoms with E-state index in [9.17, 15) is 14.7 Å². The molecule has 152 valence electrons. The first-order chi connectivity index (χ1) is 14.4. The van der Waals surface area contributed by atoms with Crippen LogP contribution in [0.2, 0.25) is 5.02 Å². The Morgan fingerprint density at radius 1 is 0.933 bits per heavy atom. The summed E-state index contributed by atoms with van der Waals surface area (Å²) in [7, 11) is 0. The van der Waals surface area contributed by atoms with E-state index in [-0.39, 0.29) is 12.5 Å². The minimum Gasteiger partial charge on any atom is -0.481 e. The maximum atomic E-state index is 13.0. The molecule has 0 unspecified atom stereocenters. The van der Waals surface area contributed by atoms with Gasteiger partial charge in [-0.3, -0.25) is 4.79 Å². The fourth-order valence-electron chi connectivity index (χ4n) is 4.01. The maximum Gasteiger partial charge on any atom is 0.331 e. The van der Waals surface area contributed by atoms with Crippen LogP contribution in [-0.2, 0) is 19.9 Å². The van der Waals surface area contributed by atoms with Crippen LogP contribution in [0, 0.1) is 0 Å². The molecule has 3 aromatic carbocycles. The summed E-state index contributed by atoms with van der Waals surface area (Å²) in [4.78, 5) is 24.5. The highest BCUT2D eigenvalue weighted by Gasteiger charge is 2.41. The van der Waals surface area contributed by atoms with Gasteiger partial charge in [-0.25, -0.2) is 4.79 Å². The lowest BCUT2D eigenvalue weighted by atomic mass is 9.87. The molecule has 3 aromatic rings. The van der Waals surface area contributed by atoms with Crippen LogP contribution in [0.5, 0.6) is 0 Å². The molecule has 1 aliphatic rings. The Labute approximate surface area is 179 Å². The first-order valence-corrected chi connectivity index (χ1v) is 9.90. The summed E-state index contributed by atoms with van der Waals surface area (Å²) in [5.41, 5.74) is 9.17. The number of aliphatic carboxylic acids is 1. The van der Waals surface area contributed by atoms with E-state index in [0.717, 1.165) is 22.3 Å². The molecule has 0 amide bonds. The van der Waals surface area contributed by atoms with E-state index in [2.05, 4.69) is 0 Å². The van der Waals surface area contributed by atoms with Gasteiger partial charge in [-0.2, -0.15) is 0 Å². The van der Waals surface area contributed by atoms with Crippen LogP contribution in [0.25, 0.3) is 11.1 Å². The molecule has 5 nitrogen and oxygen atoms in total. The summed E-state index contributed by atoms with van der Waals surface area (Å²) < 4.78 is 5.63. The van der Waals surface area contributed by atoms with E-state index < -0.39 is 23.9 Å². The maximum absolute atomic E-state index is 13.0. The molecule has 0 heterocycles. The fourth-order valence-corrected chi connectivity index (χ4v) is 4.13. The van der Waals surface area contributed by atoms with Crippen molar-refractivity contribution in [1.29, 1.82) is 0 Å². The third-order valence-electron chi connectivity index (χ3n) is 5.50. The molecule has 0 radical (unpaired) electrons. The van der Waals surface area contributed by atoms with Gasteiger partial charge in [0.2, 0.25) is 0 Å². The number of hydrogen-bond donors (Lipinski definition) is 2. The van der Waals surface area contributed by atoms with Gasteiger partial charge in [-0.05, 0) is 39.9 Å². The number of carboxylic acids is 1. The van der Waals surface area contributed by atoms with Gasteiger partial charge < -0.3 is 15.6 Å². The van der Waals surface area contributed by atoms with Crippen molar-refractivity contribution in [2.24, 2.45) is 5.73 Å². The molecule has 0 aromatic heterocycles. The summed E-state index contributed by atoms with van der Waals surface area (Å²) in [6, 6.07) is 22.2. The molecule has 0 spiro atoms. The van der Waals surface area contributed by atoms with Crippen molar-refractivity contribution < 1.29 is 19.4 Å². The minimum absolute atomic E-state index is 0.0685. The molecule has 6 heteroatoms. The standard InChI is InChI=1S/C24H20ClNO4/c25-16-11-9-15(10-12-16)24(26,13-22(27)28)23(29)30-14-21-19-7-3-1-5-17(19)18-6-2-4-8-20(18)21/h1-12,21H,13-14,26H2,(H,27,28)/t24-/m1/s1. The molecule has 1 aliphatic carbocycles. The molecule has 1 atom stereocenters. The van der Waals surface area contributed by atoms with Gasteiger partial charge in [-0.1, -0.05) is 72.3 Å². The zero-order valence-electron chi connectivity index (χ0n) is 16.0. The van der Waals surface area contributed by atoms with Crippen molar-refractivity contribution in [3.05, 3.63) is 94.5 Å². The lowest BCUT2D eigenvalue weighted by Crippen LogP contribution is -2.48. The summed E-state index contributed by atoms with van der Waals surface area (Å²) in [5.74, 6) is -2.12. The topological polar surface area (TPSA) is 89.6 Å². The number of carbonyl (C=O) groups excluding carboxylic acids is 1. The zero-order chi connectivity index (χ0) is 21.3. The van der Waals surface area contributed by atoms with Crippen LogP contribution in [-0.4, -0.2) is 23.7 Å². The van der Waals surface area contributed by atoms with E-state index in [0.29, 0.717) is 10.6 Å². The first kappa shape index (κ1) is 20.1. The Kier molecular flexibility index (Phi) is 5.33. The SMILES string of the molecule is N[C@@](CC(=O)O)(C(=O)OCC1c2ccccc2-c2ccccc21)c1ccc(Cl)cc1. The normalized spacial score (nSPS) is 14.5. The van der Waals surface area contributed by atoms with E-state index >= 15 is 0 Å². The van der Waals surface area contributed by atoms with Crippen molar-refractivity contribution >= 4 is 23.5 Å². The lowest BCUT2D eigenvalue weighted by Gasteiger charge is -2.27. The van der Waals surface area contributed by atoms with Crippen LogP contribution in [0.4, 0.5) is 0 Å². The number of esters is 1. The second kappa shape index (κ2) is 7.94. The molecular formula is C24H20ClNO4. The average Bonchev–Trinajstić information content (AvgIpc) is 3.05. The highest BCUT2D eigenvalue weighted by atomic mass is 35.5. The molecule has 30 heavy (non-hydrogen) atoms. The fraction of sp³-hybridized carbons (Fsp3) is 0.167. The van der Waals surface area contributed by atoms with Crippen molar-refractivity contribution in [2.75, 3.05) is 6.61 Å². The smallest absolute Gasteiger partial charge is 0.331 e. The monoisotopic (exact) mass is 421 g/mol. The number of fused-ring (bicyclic) bond motifs is 3. The predicted molar refractivity (Wildman–Crippen MR) is 114 cm³/mol. The summed E-state index contributed by atoms with van der Waals surface area (Å²) in [6.07, 6.45) is -0.592. The van der Waals surface area contributed by atoms with E-state index in [4.69, 9.17) is 22.1 Å². The van der Waals surface area contributed by atoms with Gasteiger partial charge in [0.05, 0.1) is 6.42 Å². The summed E-state index contributed by atoms with van der Waals surface area (Å²) >= 11 is 5.92. The highest BCUT2D eigenvalue weighted by molar-refractivity contribution is 6.30. The first-order valence-electron chi connectivity index (χ1n) is 9.52. The molecule has 3 N–H and O–H groups in total. The number of carbonyl (C=O) groups is 2. The van der Waals surface area contributed by atoms with Crippen molar-refractivity contribution in [3.8, 4) is 11.1 Å². The van der Waals surface area contributed by atoms with Gasteiger partial charge in [0.25, 0.3) is 0 Å². The number of halogens is 1. The van der Waals surface area contributed by atoms with Crippen LogP contribution < -0.4 is 5.73 Å². The van der Waals surface area contributed by atoms with Crippen molar-refractivity contribution in [3.63, 3.8) is 0 Å². The molecule has 0 saturated carbocycles. The van der Waals surface area contributed by atoms with Gasteiger partial charge >= 0.3 is 11.9 Å². The minimum atomic E-state index is -1.81. The Bertz CT molecular complexity index is 1070. The molecule has 0 fully saturated rings. The molecular weight excluding hydrogens is 402 g/mol. The lowest BCUT2D eigenvalue weighted by molar-refractivity contribution is -0.155. The number of benzene rings is 3. The summed E-state index contributed by atoms with van der Waals surface area (Å²) in [6.45, 7) is 0.0685. The quantitative estimate of drug-likeness (QED) is 0.578. The predicted octanol–water partition coefficient (Wildman–Crippen LogP) is 4.32. The second-order valence-corrected chi connectivity index (χ2v) is 7.81. The zero-order valence-corrected chi connectivity index (χ0v) is 16.8. The van der Waals surface area contributed by atoms with Gasteiger partial charge in [0.15, 0.2) is 5.54 Å². The Morgan fingerprint density at radius 3 is 2.00 bits per heavy atom. The van der Waals surface area contributed by atoms with E-state index in [1.165, 1.54) is 0 Å². The Hall–Kier alpha value is -3.15. The largest absolute Gasteiger partial charge is 0.481 e. The number of rotatable bonds is 6. The highest BCUT2D eigenvalue weighted by Crippen LogP contribution is 2.44. The van der Waals surface area contributed by atoms with Crippen LogP contribution >= 0.6 is 11.6 Å². The van der Waals surface area contributed by atoms with Gasteiger partial charge in [0.1, 0.15) is 6.61 Å². The van der Waals surface area contributed by atoms with Crippen LogP contribution in [0.1, 0.15) is 29.0 Å². The van der Waals surface area contributed by atoms with Crippen LogP contribution in [0.3, 0.4) is 0 Å². The summed E-state index contributed by atoms with van der Waals surface area (Å²) in [5, 5.41) is 9.80. The third-order valence-corrected chi connectivity index (χ3v) is 5.75. The van der Waals surface area contributed by atoms with E-state index in [1.54, 1.807) is 24.3 Å². The molecule has 0 saturated heterocycles. The average molecular weight is 422 g/mol. The van der Waals surface area contributed by atoms with Gasteiger partial charge in [0, 0.05) is 10.9 Å². The van der Waals surface area contributed by atoms with Crippen molar-refractivity contribution in [2.45, 2.75) is 17.9 Å². The van der Waals surface area contributed by atoms with Crippen molar-refractivity contribution in [1.82, 2.24) is 0 Å².